The second kappa shape index (κ2) is 22.0. The molecule has 18 nitrogen and oxygen atoms in total. The highest BCUT2D eigenvalue weighted by molar-refractivity contribution is 7.85. The van der Waals surface area contributed by atoms with Gasteiger partial charge in [-0.3, -0.25) is 24.3 Å². The number of nitrogens with one attached hydrogen (secondary N) is 2. The summed E-state index contributed by atoms with van der Waals surface area (Å²) in [5.74, 6) is -1.76. The molecule has 3 N–H and O–H groups in total. The number of benzene rings is 4. The fourth-order valence-electron chi connectivity index (χ4n) is 10.0. The molecule has 0 radical (unpaired) electrons. The van der Waals surface area contributed by atoms with E-state index in [2.05, 4.69) is 10.6 Å². The lowest BCUT2D eigenvalue weighted by molar-refractivity contribution is -0.697. The summed E-state index contributed by atoms with van der Waals surface area (Å²) < 4.78 is 119. The van der Waals surface area contributed by atoms with Crippen LogP contribution in [0.2, 0.25) is 0 Å². The smallest absolute Gasteiger partial charge is 0.416 e. The number of nitrogens with zero attached hydrogens (tertiary/aromatic N) is 8. The minimum absolute atomic E-state index is 0.00111. The van der Waals surface area contributed by atoms with Crippen LogP contribution in [-0.2, 0) is 38.6 Å². The number of halogens is 6. The van der Waals surface area contributed by atoms with Gasteiger partial charge in [-0.15, -0.1) is 0 Å². The van der Waals surface area contributed by atoms with Crippen molar-refractivity contribution in [3.63, 3.8) is 0 Å². The monoisotopic (exact) mass is 1110 g/mol. The van der Waals surface area contributed by atoms with Gasteiger partial charge in [0.05, 0.1) is 104 Å². The molecule has 0 fully saturated rings. The Morgan fingerprint density at radius 3 is 1.56 bits per heavy atom. The molecular weight excluding hydrogens is 1060 g/mol. The van der Waals surface area contributed by atoms with Crippen molar-refractivity contribution in [2.45, 2.75) is 50.1 Å². The first-order valence-electron chi connectivity index (χ1n) is 24.5. The van der Waals surface area contributed by atoms with Crippen LogP contribution in [0.25, 0.3) is 0 Å². The lowest BCUT2D eigenvalue weighted by atomic mass is 9.94. The third-order valence-electron chi connectivity index (χ3n) is 13.9. The van der Waals surface area contributed by atoms with E-state index in [9.17, 15) is 74.1 Å². The number of carbonyl (C=O) groups excluding carboxylic acids is 4. The van der Waals surface area contributed by atoms with Gasteiger partial charge in [0.1, 0.15) is 12.8 Å². The van der Waals surface area contributed by atoms with Crippen LogP contribution in [0.4, 0.5) is 47.3 Å². The third kappa shape index (κ3) is 11.8. The molecule has 4 aromatic carbocycles. The highest BCUT2D eigenvalue weighted by Crippen LogP contribution is 2.42. The van der Waals surface area contributed by atoms with E-state index >= 15 is 0 Å². The Morgan fingerprint density at radius 2 is 1.13 bits per heavy atom. The Morgan fingerprint density at radius 1 is 0.671 bits per heavy atom. The molecule has 4 aliphatic rings. The molecule has 79 heavy (non-hydrogen) atoms. The van der Waals surface area contributed by atoms with Gasteiger partial charge in [0.2, 0.25) is 0 Å². The van der Waals surface area contributed by atoms with E-state index in [4.69, 9.17) is 0 Å². The van der Waals surface area contributed by atoms with Crippen LogP contribution in [0.1, 0.15) is 70.1 Å². The van der Waals surface area contributed by atoms with Gasteiger partial charge in [-0.2, -0.15) is 36.9 Å². The van der Waals surface area contributed by atoms with Crippen LogP contribution in [0.3, 0.4) is 0 Å². The Labute approximate surface area is 448 Å². The first kappa shape index (κ1) is 55.1. The number of carbonyl (C=O) groups is 4. The summed E-state index contributed by atoms with van der Waals surface area (Å²) >= 11 is 0. The van der Waals surface area contributed by atoms with Crippen molar-refractivity contribution in [3.05, 3.63) is 183 Å². The zero-order chi connectivity index (χ0) is 56.6. The Hall–Kier alpha value is -8.62. The molecule has 0 saturated carbocycles. The summed E-state index contributed by atoms with van der Waals surface area (Å²) in [5.41, 5.74) is -0.373. The van der Waals surface area contributed by atoms with Crippen LogP contribution in [0, 0.1) is 22.7 Å². The summed E-state index contributed by atoms with van der Waals surface area (Å²) in [6, 6.07) is 23.5. The maximum atomic E-state index is 14.7. The Kier molecular flexibility index (Phi) is 15.4. The number of amides is 6. The number of urea groups is 2. The summed E-state index contributed by atoms with van der Waals surface area (Å²) in [7, 11) is -4.48. The zero-order valence-electron chi connectivity index (χ0n) is 41.4. The average molecular weight is 1110 g/mol. The molecule has 5 aromatic rings. The number of aliphatic hydroxyl groups excluding tert-OH is 1. The highest BCUT2D eigenvalue weighted by Gasteiger charge is 2.47. The van der Waals surface area contributed by atoms with Crippen LogP contribution in [-0.4, -0.2) is 102 Å². The quantitative estimate of drug-likeness (QED) is 0.0393. The topological polar surface area (TPSA) is 237 Å². The molecule has 0 aliphatic carbocycles. The molecule has 408 valence electrons. The van der Waals surface area contributed by atoms with Crippen LogP contribution >= 0.6 is 0 Å². The maximum Gasteiger partial charge on any atom is 0.416 e. The van der Waals surface area contributed by atoms with Crippen LogP contribution in [0.15, 0.2) is 144 Å². The summed E-state index contributed by atoms with van der Waals surface area (Å²) in [6.07, 6.45) is -7.74. The fraction of sp³-hybridized carbons (Fsp3) is 0.278. The first-order chi connectivity index (χ1) is 37.5. The van der Waals surface area contributed by atoms with E-state index in [-0.39, 0.29) is 98.1 Å². The van der Waals surface area contributed by atoms with E-state index < -0.39 is 81.5 Å². The minimum atomic E-state index is -4.78. The molecule has 25 heteroatoms. The normalized spacial score (nSPS) is 18.2. The Bertz CT molecular complexity index is 3490. The third-order valence-corrected chi connectivity index (χ3v) is 14.7. The van der Waals surface area contributed by atoms with E-state index in [1.54, 1.807) is 58.3 Å². The van der Waals surface area contributed by atoms with Crippen molar-refractivity contribution < 1.29 is 68.2 Å². The first-order valence-corrected chi connectivity index (χ1v) is 26.1. The zero-order valence-corrected chi connectivity index (χ0v) is 42.2. The summed E-state index contributed by atoms with van der Waals surface area (Å²) in [6.45, 7) is -0.631. The van der Waals surface area contributed by atoms with Gasteiger partial charge >= 0.3 is 24.4 Å². The SMILES string of the molecule is N#Cc1ccc([C@H]2NC(=O)N(c3cccc(C(F)(F)F)c3)C3=C2C(=O)N(CCCN(CCN2CC4=C(C2=O)[C@@H](c2ccc(C#N)cc2)NC(=O)N4c2cccc(C(F)(F)F)c2)C(O)c2cc[n+](CCCS(=O)(=O)[O-])cc2)C3)cc1. The number of aliphatic hydroxyl groups is 1. The van der Waals surface area contributed by atoms with Gasteiger partial charge in [-0.05, 0) is 78.2 Å². The van der Waals surface area contributed by atoms with Crippen molar-refractivity contribution in [3.8, 4) is 12.1 Å². The summed E-state index contributed by atoms with van der Waals surface area (Å²) in [4.78, 5) is 63.6. The molecule has 5 heterocycles. The van der Waals surface area contributed by atoms with Gasteiger partial charge in [0.25, 0.3) is 11.8 Å². The molecule has 1 aromatic heterocycles. The molecule has 0 bridgehead atoms. The number of hydrogen-bond donors (Lipinski definition) is 3. The molecule has 6 amide bonds. The molecule has 9 rings (SSSR count). The number of aryl methyl sites for hydroxylation is 1. The van der Waals surface area contributed by atoms with E-state index in [0.29, 0.717) is 22.3 Å². The van der Waals surface area contributed by atoms with E-state index in [0.717, 1.165) is 46.2 Å². The van der Waals surface area contributed by atoms with Crippen LogP contribution in [0.5, 0.6) is 0 Å². The molecule has 4 aliphatic heterocycles. The standard InChI is InChI=1S/C54H46F6N10O8S/c55-53(56,57)38-5-1-7-40(27-38)69-42-31-67(49(72)44(42)46(63-51(69)74)35-13-9-33(29-61)10-14-35)21-3-20-66(48(71)37-17-22-65(23-18-37)19-4-26-79(76,77)78)24-25-68-32-43-45(50(68)73)47(36-15-11-34(30-62)12-16-36)64-52(75)70(43)41-8-2-6-39(28-41)54(58,59)60/h1-2,5-18,22-23,27-28,46-48,71H,3-4,19-21,24-26,31-32H2,(H2-,63,64,74,75,76,77,78)/t46-,47-,48?/m1/s1. The van der Waals surface area contributed by atoms with Crippen LogP contribution < -0.4 is 25.0 Å². The number of alkyl halides is 6. The predicted molar refractivity (Wildman–Crippen MR) is 267 cm³/mol. The molecular formula is C54H46F6N10O8S. The Balaban J connectivity index is 0.992. The van der Waals surface area contributed by atoms with Gasteiger partial charge in [-0.1, -0.05) is 36.4 Å². The van der Waals surface area contributed by atoms with Crippen molar-refractivity contribution in [2.75, 3.05) is 54.8 Å². The van der Waals surface area contributed by atoms with Crippen molar-refractivity contribution in [1.82, 2.24) is 25.3 Å². The predicted octanol–water partition coefficient (Wildman–Crippen LogP) is 6.51. The molecule has 1 unspecified atom stereocenters. The lowest BCUT2D eigenvalue weighted by Gasteiger charge is -2.34. The minimum Gasteiger partial charge on any atom is -0.748 e. The van der Waals surface area contributed by atoms with Crippen molar-refractivity contribution >= 4 is 45.4 Å². The number of hydrogen-bond acceptors (Lipinski definition) is 11. The van der Waals surface area contributed by atoms with Gasteiger partial charge in [0.15, 0.2) is 12.4 Å². The van der Waals surface area contributed by atoms with Crippen molar-refractivity contribution in [2.24, 2.45) is 0 Å². The maximum absolute atomic E-state index is 14.7. The molecule has 0 spiro atoms. The van der Waals surface area contributed by atoms with Gasteiger partial charge in [-0.25, -0.2) is 22.6 Å². The fourth-order valence-corrected chi connectivity index (χ4v) is 10.5. The summed E-state index contributed by atoms with van der Waals surface area (Å²) in [5, 5.41) is 36.5. The molecule has 0 saturated heterocycles. The second-order valence-corrected chi connectivity index (χ2v) is 20.4. The largest absolute Gasteiger partial charge is 0.748 e. The number of nitriles is 2. The van der Waals surface area contributed by atoms with Gasteiger partial charge in [0, 0.05) is 56.0 Å². The number of pyridine rings is 1. The number of anilines is 2. The number of aromatic nitrogens is 1. The highest BCUT2D eigenvalue weighted by atomic mass is 32.2. The van der Waals surface area contributed by atoms with E-state index in [1.807, 2.05) is 12.1 Å². The lowest BCUT2D eigenvalue weighted by Crippen LogP contribution is -2.47. The average Bonchev–Trinajstić information content (AvgIpc) is 4.02. The van der Waals surface area contributed by atoms with E-state index in [1.165, 1.54) is 46.2 Å². The van der Waals surface area contributed by atoms with Gasteiger partial charge < -0.3 is 30.1 Å². The molecule has 3 atom stereocenters. The van der Waals surface area contributed by atoms with Crippen molar-refractivity contribution in [1.29, 1.82) is 10.5 Å². The second-order valence-electron chi connectivity index (χ2n) is 18.9. The number of rotatable bonds is 17.